The number of carbonyl (C=O) groups is 1. The molecule has 0 radical (unpaired) electrons. The first-order valence-electron chi connectivity index (χ1n) is 7.91. The number of aryl methyl sites for hydroxylation is 1. The predicted molar refractivity (Wildman–Crippen MR) is 81.4 cm³/mol. The van der Waals surface area contributed by atoms with E-state index in [1.165, 1.54) is 13.2 Å². The second kappa shape index (κ2) is 7.52. The molecule has 1 aliphatic heterocycles. The molecule has 1 fully saturated rings. The second-order valence-corrected chi connectivity index (χ2v) is 6.31. The number of hydrogen-bond acceptors (Lipinski definition) is 4. The van der Waals surface area contributed by atoms with Gasteiger partial charge in [-0.15, -0.1) is 0 Å². The van der Waals surface area contributed by atoms with Crippen LogP contribution in [0.3, 0.4) is 0 Å². The first-order chi connectivity index (χ1) is 11.2. The number of hydrogen-bond donors (Lipinski definition) is 1. The van der Waals surface area contributed by atoms with Crippen LogP contribution in [0.1, 0.15) is 30.5 Å². The van der Waals surface area contributed by atoms with Crippen LogP contribution in [0.5, 0.6) is 0 Å². The average Bonchev–Trinajstić information content (AvgIpc) is 2.67. The zero-order chi connectivity index (χ0) is 17.9. The molecule has 0 spiro atoms. The van der Waals surface area contributed by atoms with Gasteiger partial charge >= 0.3 is 12.1 Å². The predicted octanol–water partition coefficient (Wildman–Crippen LogP) is 1.81. The van der Waals surface area contributed by atoms with Crippen molar-refractivity contribution >= 4 is 5.97 Å². The molecule has 1 atom stereocenters. The molecule has 0 aromatic carbocycles. The summed E-state index contributed by atoms with van der Waals surface area (Å²) in [5.74, 6) is -0.871. The Hall–Kier alpha value is -1.61. The molecule has 0 aliphatic carbocycles. The molecule has 1 unspecified atom stereocenters. The number of likely N-dealkylation sites (tertiary alicyclic amines) is 1. The Morgan fingerprint density at radius 1 is 1.42 bits per heavy atom. The van der Waals surface area contributed by atoms with Crippen molar-refractivity contribution in [2.24, 2.45) is 7.05 Å². The number of carboxylic acid groups (broad SMARTS) is 1. The fraction of sp³-hybridized carbons (Fsp3) is 0.733. The van der Waals surface area contributed by atoms with Gasteiger partial charge in [-0.05, 0) is 39.4 Å². The number of likely N-dealkylation sites (N-methyl/N-ethyl adjacent to an activating group) is 1. The van der Waals surface area contributed by atoms with Gasteiger partial charge in [0.25, 0.3) is 0 Å². The molecule has 0 amide bonds. The van der Waals surface area contributed by atoms with Gasteiger partial charge in [-0.25, -0.2) is 0 Å². The Morgan fingerprint density at radius 2 is 2.12 bits per heavy atom. The summed E-state index contributed by atoms with van der Waals surface area (Å²) < 4.78 is 40.2. The lowest BCUT2D eigenvalue weighted by Gasteiger charge is -2.25. The highest BCUT2D eigenvalue weighted by molar-refractivity contribution is 5.69. The van der Waals surface area contributed by atoms with Gasteiger partial charge in [-0.3, -0.25) is 19.3 Å². The smallest absolute Gasteiger partial charge is 0.433 e. The van der Waals surface area contributed by atoms with Crippen LogP contribution in [0.2, 0.25) is 0 Å². The number of nitrogens with zero attached hydrogens (tertiary/aromatic N) is 4. The third-order valence-electron chi connectivity index (χ3n) is 4.48. The third-order valence-corrected chi connectivity index (χ3v) is 4.48. The first kappa shape index (κ1) is 18.7. The van der Waals surface area contributed by atoms with Gasteiger partial charge in [0, 0.05) is 25.2 Å². The maximum Gasteiger partial charge on any atom is 0.433 e. The van der Waals surface area contributed by atoms with E-state index in [2.05, 4.69) is 5.10 Å². The largest absolute Gasteiger partial charge is 0.480 e. The molecule has 9 heteroatoms. The summed E-state index contributed by atoms with van der Waals surface area (Å²) in [4.78, 5) is 14.6. The molecular weight excluding hydrogens is 325 g/mol. The molecule has 0 bridgehead atoms. The molecule has 1 aromatic rings. The Kier molecular flexibility index (Phi) is 5.87. The molecule has 1 saturated heterocycles. The zero-order valence-electron chi connectivity index (χ0n) is 13.9. The van der Waals surface area contributed by atoms with E-state index in [4.69, 9.17) is 5.11 Å². The highest BCUT2D eigenvalue weighted by Gasteiger charge is 2.37. The van der Waals surface area contributed by atoms with E-state index in [1.807, 2.05) is 4.90 Å². The van der Waals surface area contributed by atoms with Crippen molar-refractivity contribution in [2.75, 3.05) is 26.7 Å². The van der Waals surface area contributed by atoms with Crippen molar-refractivity contribution in [2.45, 2.75) is 38.0 Å². The van der Waals surface area contributed by atoms with Gasteiger partial charge in [0.05, 0.1) is 12.7 Å². The quantitative estimate of drug-likeness (QED) is 0.879. The third kappa shape index (κ3) is 4.70. The average molecular weight is 348 g/mol. The summed E-state index contributed by atoms with van der Waals surface area (Å²) in [5.41, 5.74) is -0.520. The van der Waals surface area contributed by atoms with Crippen molar-refractivity contribution < 1.29 is 23.1 Å². The maximum absolute atomic E-state index is 13.1. The summed E-state index contributed by atoms with van der Waals surface area (Å²) >= 11 is 0. The number of alkyl halides is 3. The SMILES string of the molecule is CN(CC(=O)O)C1CCCN(Cc2cnn(C)c2C(F)(F)F)CC1. The monoisotopic (exact) mass is 348 g/mol. The maximum atomic E-state index is 13.1. The van der Waals surface area contributed by atoms with E-state index >= 15 is 0 Å². The van der Waals surface area contributed by atoms with E-state index in [0.717, 1.165) is 23.9 Å². The van der Waals surface area contributed by atoms with Crippen molar-refractivity contribution in [3.63, 3.8) is 0 Å². The topological polar surface area (TPSA) is 61.6 Å². The lowest BCUT2D eigenvalue weighted by Crippen LogP contribution is -2.36. The van der Waals surface area contributed by atoms with Crippen LogP contribution in [-0.2, 0) is 24.6 Å². The Labute approximate surface area is 138 Å². The van der Waals surface area contributed by atoms with Crippen molar-refractivity contribution in [3.05, 3.63) is 17.5 Å². The van der Waals surface area contributed by atoms with Gasteiger partial charge < -0.3 is 5.11 Å². The van der Waals surface area contributed by atoms with Crippen LogP contribution in [0.25, 0.3) is 0 Å². The van der Waals surface area contributed by atoms with Crippen LogP contribution in [0, 0.1) is 0 Å². The van der Waals surface area contributed by atoms with Crippen molar-refractivity contribution in [1.82, 2.24) is 19.6 Å². The summed E-state index contributed by atoms with van der Waals surface area (Å²) in [5, 5.41) is 12.6. The fourth-order valence-electron chi connectivity index (χ4n) is 3.28. The lowest BCUT2D eigenvalue weighted by molar-refractivity contribution is -0.144. The van der Waals surface area contributed by atoms with Crippen LogP contribution < -0.4 is 0 Å². The summed E-state index contributed by atoms with van der Waals surface area (Å²) in [6.45, 7) is 1.52. The van der Waals surface area contributed by atoms with E-state index < -0.39 is 17.8 Å². The standard InChI is InChI=1S/C15H23F3N4O2/c1-20(10-13(23)24)12-4-3-6-22(7-5-12)9-11-8-19-21(2)14(11)15(16,17)18/h8,12H,3-7,9-10H2,1-2H3,(H,23,24). The summed E-state index contributed by atoms with van der Waals surface area (Å²) in [6, 6.07) is 0.141. The Morgan fingerprint density at radius 3 is 2.75 bits per heavy atom. The van der Waals surface area contributed by atoms with Crippen molar-refractivity contribution in [1.29, 1.82) is 0 Å². The summed E-state index contributed by atoms with van der Waals surface area (Å²) in [6.07, 6.45) is -0.723. The van der Waals surface area contributed by atoms with Gasteiger partial charge in [-0.1, -0.05) is 0 Å². The molecule has 1 aliphatic rings. The number of carboxylic acids is 1. The van der Waals surface area contributed by atoms with Crippen molar-refractivity contribution in [3.8, 4) is 0 Å². The van der Waals surface area contributed by atoms with Crippen LogP contribution in [0.15, 0.2) is 6.20 Å². The normalized spacial score (nSPS) is 20.3. The van der Waals surface area contributed by atoms with E-state index in [9.17, 15) is 18.0 Å². The van der Waals surface area contributed by atoms with Crippen LogP contribution >= 0.6 is 0 Å². The molecular formula is C15H23F3N4O2. The highest BCUT2D eigenvalue weighted by atomic mass is 19.4. The highest BCUT2D eigenvalue weighted by Crippen LogP contribution is 2.32. The van der Waals surface area contributed by atoms with Crippen LogP contribution in [0.4, 0.5) is 13.2 Å². The number of aromatic nitrogens is 2. The number of aliphatic carboxylic acids is 1. The molecule has 0 saturated carbocycles. The van der Waals surface area contributed by atoms with E-state index in [1.54, 1.807) is 11.9 Å². The minimum atomic E-state index is -4.42. The minimum absolute atomic E-state index is 0.0223. The Bertz CT molecular complexity index is 574. The van der Waals surface area contributed by atoms with E-state index in [-0.39, 0.29) is 24.7 Å². The minimum Gasteiger partial charge on any atom is -0.480 e. The molecule has 2 heterocycles. The summed E-state index contributed by atoms with van der Waals surface area (Å²) in [7, 11) is 3.07. The number of rotatable bonds is 5. The number of halogens is 3. The lowest BCUT2D eigenvalue weighted by atomic mass is 10.1. The molecule has 136 valence electrons. The second-order valence-electron chi connectivity index (χ2n) is 6.31. The molecule has 6 nitrogen and oxygen atoms in total. The van der Waals surface area contributed by atoms with Crippen LogP contribution in [-0.4, -0.2) is 63.4 Å². The fourth-order valence-corrected chi connectivity index (χ4v) is 3.28. The van der Waals surface area contributed by atoms with Gasteiger partial charge in [0.1, 0.15) is 5.69 Å². The molecule has 2 rings (SSSR count). The first-order valence-corrected chi connectivity index (χ1v) is 7.91. The Balaban J connectivity index is 1.99. The van der Waals surface area contributed by atoms with Gasteiger partial charge in [0.2, 0.25) is 0 Å². The zero-order valence-corrected chi connectivity index (χ0v) is 13.9. The molecule has 1 N–H and O–H groups in total. The van der Waals surface area contributed by atoms with Gasteiger partial charge in [-0.2, -0.15) is 18.3 Å². The van der Waals surface area contributed by atoms with Gasteiger partial charge in [0.15, 0.2) is 0 Å². The molecule has 1 aromatic heterocycles. The van der Waals surface area contributed by atoms with E-state index in [0.29, 0.717) is 13.1 Å². The molecule has 24 heavy (non-hydrogen) atoms.